The molecule has 6 nitrogen and oxygen atoms in total. The lowest BCUT2D eigenvalue weighted by atomic mass is 9.90. The number of benzene rings is 1. The number of carbonyl (C=O) groups excluding carboxylic acids is 2. The van der Waals surface area contributed by atoms with Crippen molar-refractivity contribution < 1.29 is 23.5 Å². The number of amides is 1. The third-order valence-corrected chi connectivity index (χ3v) is 10.5. The predicted molar refractivity (Wildman–Crippen MR) is 140 cm³/mol. The highest BCUT2D eigenvalue weighted by atomic mass is 28.4. The second-order valence-corrected chi connectivity index (χ2v) is 16.1. The molecule has 0 aliphatic rings. The number of allylic oxidation sites excluding steroid dienone is 1. The third-order valence-electron chi connectivity index (χ3n) is 5.99. The average molecular weight is 492 g/mol. The van der Waals surface area contributed by atoms with E-state index < -0.39 is 20.0 Å². The van der Waals surface area contributed by atoms with Crippen molar-refractivity contribution in [3.05, 3.63) is 47.5 Å². The molecule has 0 bridgehead atoms. The highest BCUT2D eigenvalue weighted by Crippen LogP contribution is 2.38. The van der Waals surface area contributed by atoms with Crippen LogP contribution in [0.2, 0.25) is 18.1 Å². The van der Waals surface area contributed by atoms with Crippen molar-refractivity contribution in [2.45, 2.75) is 91.6 Å². The molecule has 0 heterocycles. The Morgan fingerprint density at radius 1 is 1.12 bits per heavy atom. The van der Waals surface area contributed by atoms with Crippen LogP contribution in [0, 0.1) is 12.8 Å². The smallest absolute Gasteiger partial charge is 0.408 e. The number of hydrogen-bond donors (Lipinski definition) is 1. The van der Waals surface area contributed by atoms with Crippen LogP contribution in [-0.2, 0) is 18.7 Å². The molecule has 0 radical (unpaired) electrons. The summed E-state index contributed by atoms with van der Waals surface area (Å²) in [5.74, 6) is -0.493. The Hall–Kier alpha value is -2.12. The Morgan fingerprint density at radius 3 is 2.29 bits per heavy atom. The van der Waals surface area contributed by atoms with Crippen LogP contribution in [0.4, 0.5) is 4.79 Å². The van der Waals surface area contributed by atoms with Crippen LogP contribution in [-0.4, -0.2) is 39.2 Å². The van der Waals surface area contributed by atoms with Gasteiger partial charge in [0.2, 0.25) is 0 Å². The van der Waals surface area contributed by atoms with Gasteiger partial charge in [0.15, 0.2) is 8.32 Å². The lowest BCUT2D eigenvalue weighted by Gasteiger charge is -2.38. The fourth-order valence-electron chi connectivity index (χ4n) is 3.13. The van der Waals surface area contributed by atoms with Gasteiger partial charge in [-0.15, -0.1) is 0 Å². The Kier molecular flexibility index (Phi) is 11.0. The fourth-order valence-corrected chi connectivity index (χ4v) is 4.20. The number of carbonyl (C=O) groups is 2. The van der Waals surface area contributed by atoms with Crippen LogP contribution in [0.5, 0.6) is 0 Å². The molecule has 1 aromatic rings. The number of nitrogens with one attached hydrogen (secondary N) is 1. The zero-order valence-corrected chi connectivity index (χ0v) is 23.8. The molecule has 0 aromatic heterocycles. The van der Waals surface area contributed by atoms with Gasteiger partial charge in [0.25, 0.3) is 0 Å². The summed E-state index contributed by atoms with van der Waals surface area (Å²) in [4.78, 5) is 24.7. The highest BCUT2D eigenvalue weighted by molar-refractivity contribution is 6.74. The number of ether oxygens (including phenoxy) is 2. The van der Waals surface area contributed by atoms with Crippen molar-refractivity contribution in [2.75, 3.05) is 13.2 Å². The summed E-state index contributed by atoms with van der Waals surface area (Å²) in [5.41, 5.74) is 1.46. The van der Waals surface area contributed by atoms with Crippen LogP contribution in [0.25, 0.3) is 0 Å². The van der Waals surface area contributed by atoms with E-state index in [4.69, 9.17) is 13.9 Å². The van der Waals surface area contributed by atoms with Crippen molar-refractivity contribution in [1.82, 2.24) is 5.32 Å². The maximum absolute atomic E-state index is 12.8. The normalized spacial score (nSPS) is 14.5. The number of esters is 1. The minimum Gasteiger partial charge on any atom is -0.463 e. The van der Waals surface area contributed by atoms with Gasteiger partial charge < -0.3 is 19.2 Å². The minimum absolute atomic E-state index is 0.0513. The molecule has 7 heteroatoms. The quantitative estimate of drug-likeness (QED) is 0.224. The summed E-state index contributed by atoms with van der Waals surface area (Å²) >= 11 is 0. The molecule has 0 unspecified atom stereocenters. The van der Waals surface area contributed by atoms with Crippen LogP contribution in [0.3, 0.4) is 0 Å². The molecule has 0 saturated carbocycles. The van der Waals surface area contributed by atoms with E-state index in [0.29, 0.717) is 19.6 Å². The first-order valence-electron chi connectivity index (χ1n) is 12.1. The van der Waals surface area contributed by atoms with Gasteiger partial charge in [-0.3, -0.25) is 0 Å². The largest absolute Gasteiger partial charge is 0.463 e. The summed E-state index contributed by atoms with van der Waals surface area (Å²) in [6.45, 7) is 21.1. The van der Waals surface area contributed by atoms with E-state index in [1.165, 1.54) is 6.08 Å². The first kappa shape index (κ1) is 29.9. The van der Waals surface area contributed by atoms with Crippen molar-refractivity contribution in [2.24, 2.45) is 5.92 Å². The molecule has 1 amide bonds. The van der Waals surface area contributed by atoms with Gasteiger partial charge in [-0.25, -0.2) is 9.59 Å². The number of aryl methyl sites for hydroxylation is 1. The zero-order valence-electron chi connectivity index (χ0n) is 22.8. The van der Waals surface area contributed by atoms with E-state index in [1.807, 2.05) is 45.9 Å². The van der Waals surface area contributed by atoms with E-state index in [9.17, 15) is 9.59 Å². The second-order valence-electron chi connectivity index (χ2n) is 11.3. The van der Waals surface area contributed by atoms with Crippen LogP contribution < -0.4 is 5.32 Å². The molecule has 34 heavy (non-hydrogen) atoms. The van der Waals surface area contributed by atoms with E-state index in [2.05, 4.69) is 45.2 Å². The molecule has 1 N–H and O–H groups in total. The van der Waals surface area contributed by atoms with Gasteiger partial charge in [-0.1, -0.05) is 56.7 Å². The Labute approximate surface area is 207 Å². The lowest BCUT2D eigenvalue weighted by molar-refractivity contribution is -0.137. The molecular weight excluding hydrogens is 446 g/mol. The minimum atomic E-state index is -2.04. The van der Waals surface area contributed by atoms with Gasteiger partial charge >= 0.3 is 12.1 Å². The SMILES string of the molecule is CCOC(=O)/C=C/C[C@H](CO[Si](C)(C)C(C)(C)C)[C@H](NC(=O)OC(C)(C)C)c1cccc(C)c1. The highest BCUT2D eigenvalue weighted by Gasteiger charge is 2.38. The van der Waals surface area contributed by atoms with E-state index in [1.54, 1.807) is 13.0 Å². The summed E-state index contributed by atoms with van der Waals surface area (Å²) in [6, 6.07) is 7.72. The topological polar surface area (TPSA) is 73.9 Å². The van der Waals surface area contributed by atoms with Crippen molar-refractivity contribution >= 4 is 20.4 Å². The van der Waals surface area contributed by atoms with E-state index in [0.717, 1.165) is 11.1 Å². The Morgan fingerprint density at radius 2 is 1.76 bits per heavy atom. The van der Waals surface area contributed by atoms with Crippen LogP contribution in [0.1, 0.15) is 72.1 Å². The average Bonchev–Trinajstić information content (AvgIpc) is 2.67. The zero-order chi connectivity index (χ0) is 26.2. The van der Waals surface area contributed by atoms with Gasteiger partial charge in [-0.05, 0) is 64.7 Å². The number of alkyl carbamates (subject to hydrolysis) is 1. The Balaban J connectivity index is 3.31. The fraction of sp³-hybridized carbons (Fsp3) is 0.630. The van der Waals surface area contributed by atoms with Gasteiger partial charge in [-0.2, -0.15) is 0 Å². The summed E-state index contributed by atoms with van der Waals surface area (Å²) < 4.78 is 17.2. The van der Waals surface area contributed by atoms with E-state index in [-0.39, 0.29) is 23.0 Å². The molecular formula is C27H45NO5Si. The lowest BCUT2D eigenvalue weighted by Crippen LogP contribution is -2.44. The van der Waals surface area contributed by atoms with Crippen molar-refractivity contribution in [1.29, 1.82) is 0 Å². The molecule has 2 atom stereocenters. The predicted octanol–water partition coefficient (Wildman–Crippen LogP) is 6.71. The molecule has 0 spiro atoms. The van der Waals surface area contributed by atoms with Crippen molar-refractivity contribution in [3.8, 4) is 0 Å². The van der Waals surface area contributed by atoms with Gasteiger partial charge in [0.1, 0.15) is 5.60 Å². The van der Waals surface area contributed by atoms with Crippen LogP contribution in [0.15, 0.2) is 36.4 Å². The van der Waals surface area contributed by atoms with Gasteiger partial charge in [0.05, 0.1) is 12.6 Å². The van der Waals surface area contributed by atoms with E-state index >= 15 is 0 Å². The molecule has 0 fully saturated rings. The maximum atomic E-state index is 12.8. The molecule has 1 aromatic carbocycles. The molecule has 0 aliphatic heterocycles. The Bertz CT molecular complexity index is 836. The van der Waals surface area contributed by atoms with Gasteiger partial charge in [0, 0.05) is 18.6 Å². The van der Waals surface area contributed by atoms with Crippen LogP contribution >= 0.6 is 0 Å². The second kappa shape index (κ2) is 12.5. The monoisotopic (exact) mass is 491 g/mol. The first-order chi connectivity index (χ1) is 15.6. The molecule has 1 rings (SSSR count). The summed E-state index contributed by atoms with van der Waals surface area (Å²) in [7, 11) is -2.04. The molecule has 0 aliphatic carbocycles. The first-order valence-corrected chi connectivity index (χ1v) is 15.0. The molecule has 0 saturated heterocycles. The molecule has 192 valence electrons. The summed E-state index contributed by atoms with van der Waals surface area (Å²) in [5, 5.41) is 3.13. The summed E-state index contributed by atoms with van der Waals surface area (Å²) in [6.07, 6.45) is 3.30. The third kappa shape index (κ3) is 10.4. The maximum Gasteiger partial charge on any atom is 0.408 e. The number of rotatable bonds is 10. The number of hydrogen-bond acceptors (Lipinski definition) is 5. The standard InChI is InChI=1S/C27H45NO5Si/c1-11-31-23(29)17-13-16-22(19-32-34(9,10)27(6,7)8)24(21-15-12-14-20(2)18-21)28-25(30)33-26(3,4)5/h12-15,17-18,22,24H,11,16,19H2,1-10H3,(H,28,30)/b17-13+/t22-,24-/m1/s1. The van der Waals surface area contributed by atoms with Crippen molar-refractivity contribution in [3.63, 3.8) is 0 Å².